The van der Waals surface area contributed by atoms with Gasteiger partial charge in [-0.2, -0.15) is 0 Å². The second-order valence-corrected chi connectivity index (χ2v) is 13.6. The lowest BCUT2D eigenvalue weighted by Crippen LogP contribution is -2.47. The average Bonchev–Trinajstić information content (AvgIpc) is 2.98. The molecule has 2 bridgehead atoms. The van der Waals surface area contributed by atoms with E-state index < -0.39 is 10.0 Å². The van der Waals surface area contributed by atoms with Gasteiger partial charge in [0.2, 0.25) is 0 Å². The Bertz CT molecular complexity index is 1830. The van der Waals surface area contributed by atoms with Gasteiger partial charge in [-0.05, 0) is 85.0 Å². The van der Waals surface area contributed by atoms with Gasteiger partial charge >= 0.3 is 0 Å². The van der Waals surface area contributed by atoms with Crippen LogP contribution in [-0.2, 0) is 23.0 Å². The Hall–Kier alpha value is -3.79. The van der Waals surface area contributed by atoms with Gasteiger partial charge in [0.15, 0.2) is 0 Å². The van der Waals surface area contributed by atoms with Crippen molar-refractivity contribution in [1.29, 1.82) is 0 Å². The molecule has 2 aliphatic heterocycles. The second-order valence-electron chi connectivity index (χ2n) is 11.0. The zero-order valence-corrected chi connectivity index (χ0v) is 25.5. The number of nitrogens with one attached hydrogen (secondary N) is 2. The number of sulfonamides is 1. The van der Waals surface area contributed by atoms with Crippen LogP contribution in [0.4, 0.5) is 11.4 Å². The third-order valence-electron chi connectivity index (χ3n) is 8.06. The van der Waals surface area contributed by atoms with Crippen molar-refractivity contribution in [1.82, 2.24) is 9.88 Å². The first-order chi connectivity index (χ1) is 20.7. The van der Waals surface area contributed by atoms with Crippen molar-refractivity contribution >= 4 is 50.5 Å². The number of rotatable bonds is 8. The molecular weight excluding hydrogens is 607 g/mol. The maximum atomic E-state index is 13.5. The van der Waals surface area contributed by atoms with Crippen molar-refractivity contribution in [3.05, 3.63) is 122 Å². The highest BCUT2D eigenvalue weighted by Gasteiger charge is 2.35. The van der Waals surface area contributed by atoms with Crippen molar-refractivity contribution in [2.75, 3.05) is 29.3 Å². The summed E-state index contributed by atoms with van der Waals surface area (Å²) in [7, 11) is -3.99. The van der Waals surface area contributed by atoms with E-state index in [4.69, 9.17) is 23.2 Å². The summed E-state index contributed by atoms with van der Waals surface area (Å²) in [5, 5.41) is 4.00. The lowest BCUT2D eigenvalue weighted by molar-refractivity contribution is 0.0954. The Balaban J connectivity index is 1.28. The highest BCUT2D eigenvalue weighted by molar-refractivity contribution is 7.92. The zero-order valence-electron chi connectivity index (χ0n) is 23.2. The number of halogens is 2. The molecular formula is C32H30Cl2N4O4S. The van der Waals surface area contributed by atoms with E-state index in [-0.39, 0.29) is 28.2 Å². The van der Waals surface area contributed by atoms with E-state index in [1.54, 1.807) is 30.3 Å². The summed E-state index contributed by atoms with van der Waals surface area (Å²) in [6.45, 7) is 2.28. The minimum atomic E-state index is -3.99. The smallest absolute Gasteiger partial charge is 0.261 e. The summed E-state index contributed by atoms with van der Waals surface area (Å²) in [5.74, 6) is 0.0390. The fourth-order valence-electron chi connectivity index (χ4n) is 6.02. The molecule has 6 rings (SSSR count). The van der Waals surface area contributed by atoms with Crippen LogP contribution in [0.25, 0.3) is 0 Å². The van der Waals surface area contributed by atoms with E-state index in [1.165, 1.54) is 24.3 Å². The van der Waals surface area contributed by atoms with E-state index in [2.05, 4.69) is 14.9 Å². The maximum absolute atomic E-state index is 13.5. The lowest BCUT2D eigenvalue weighted by atomic mass is 9.83. The molecule has 222 valence electrons. The van der Waals surface area contributed by atoms with Crippen LogP contribution in [0.2, 0.25) is 10.0 Å². The van der Waals surface area contributed by atoms with E-state index >= 15 is 0 Å². The van der Waals surface area contributed by atoms with Crippen LogP contribution >= 0.6 is 23.2 Å². The van der Waals surface area contributed by atoms with Gasteiger partial charge in [0.25, 0.3) is 21.5 Å². The number of pyridine rings is 1. The number of carbonyl (C=O) groups is 1. The van der Waals surface area contributed by atoms with Gasteiger partial charge in [0.05, 0.1) is 16.3 Å². The van der Waals surface area contributed by atoms with Gasteiger partial charge in [0, 0.05) is 59.5 Å². The van der Waals surface area contributed by atoms with Gasteiger partial charge < -0.3 is 14.8 Å². The molecule has 0 radical (unpaired) electrons. The van der Waals surface area contributed by atoms with Gasteiger partial charge in [-0.15, -0.1) is 0 Å². The van der Waals surface area contributed by atoms with E-state index in [0.29, 0.717) is 59.6 Å². The Kier molecular flexibility index (Phi) is 8.22. The second kappa shape index (κ2) is 12.1. The fourth-order valence-corrected chi connectivity index (χ4v) is 7.34. The number of amides is 1. The molecule has 1 aromatic heterocycles. The number of fused-ring (bicyclic) bond motifs is 4. The molecule has 1 saturated heterocycles. The molecule has 2 aliphatic rings. The highest BCUT2D eigenvalue weighted by Crippen LogP contribution is 2.40. The predicted octanol–water partition coefficient (Wildman–Crippen LogP) is 5.55. The Morgan fingerprint density at radius 1 is 0.884 bits per heavy atom. The molecule has 43 heavy (non-hydrogen) atoms. The zero-order chi connectivity index (χ0) is 30.1. The van der Waals surface area contributed by atoms with Crippen LogP contribution in [0.15, 0.2) is 94.6 Å². The molecule has 1 amide bonds. The summed E-state index contributed by atoms with van der Waals surface area (Å²) in [5.41, 5.74) is 3.36. The van der Waals surface area contributed by atoms with Crippen LogP contribution in [0, 0.1) is 5.92 Å². The lowest BCUT2D eigenvalue weighted by Gasteiger charge is -2.44. The topological polar surface area (TPSA) is 101 Å². The number of hydrogen-bond acceptors (Lipinski definition) is 5. The van der Waals surface area contributed by atoms with Crippen LogP contribution in [-0.4, -0.2) is 38.5 Å². The van der Waals surface area contributed by atoms with E-state index in [9.17, 15) is 18.0 Å². The monoisotopic (exact) mass is 636 g/mol. The number of nitrogens with zero attached hydrogens (tertiary/aromatic N) is 2. The van der Waals surface area contributed by atoms with Crippen molar-refractivity contribution in [2.45, 2.75) is 30.2 Å². The van der Waals surface area contributed by atoms with Gasteiger partial charge in [-0.3, -0.25) is 14.3 Å². The number of benzene rings is 3. The van der Waals surface area contributed by atoms with Crippen LogP contribution in [0.5, 0.6) is 0 Å². The predicted molar refractivity (Wildman–Crippen MR) is 170 cm³/mol. The SMILES string of the molecule is O=C(NCCc1ccc(Cl)cc1)c1ccc(N2C[C@H]3C[C@@H](C2)c2cccc(=O)n2C3)c(NS(=O)(=O)c2ccc(Cl)cc2)c1. The first-order valence-electron chi connectivity index (χ1n) is 14.1. The molecule has 3 aromatic carbocycles. The maximum Gasteiger partial charge on any atom is 0.261 e. The van der Waals surface area contributed by atoms with Crippen molar-refractivity contribution in [3.63, 3.8) is 0 Å². The molecule has 0 unspecified atom stereocenters. The molecule has 11 heteroatoms. The van der Waals surface area contributed by atoms with Crippen molar-refractivity contribution in [2.24, 2.45) is 5.92 Å². The number of piperidine rings is 1. The largest absolute Gasteiger partial charge is 0.369 e. The minimum Gasteiger partial charge on any atom is -0.369 e. The third kappa shape index (κ3) is 6.44. The molecule has 8 nitrogen and oxygen atoms in total. The molecule has 0 aliphatic carbocycles. The molecule has 4 aromatic rings. The minimum absolute atomic E-state index is 0.00323. The number of anilines is 2. The average molecular weight is 638 g/mol. The van der Waals surface area contributed by atoms with Gasteiger partial charge in [0.1, 0.15) is 0 Å². The summed E-state index contributed by atoms with van der Waals surface area (Å²) in [6, 6.07) is 23.8. The third-order valence-corrected chi connectivity index (χ3v) is 9.95. The summed E-state index contributed by atoms with van der Waals surface area (Å²) in [6.07, 6.45) is 1.58. The number of hydrogen-bond donors (Lipinski definition) is 2. The first kappa shape index (κ1) is 29.3. The summed E-state index contributed by atoms with van der Waals surface area (Å²) < 4.78 is 31.5. The summed E-state index contributed by atoms with van der Waals surface area (Å²) >= 11 is 12.0. The van der Waals surface area contributed by atoms with Gasteiger partial charge in [-0.25, -0.2) is 8.42 Å². The Labute approximate surface area is 260 Å². The Morgan fingerprint density at radius 2 is 1.60 bits per heavy atom. The fraction of sp³-hybridized carbons (Fsp3) is 0.250. The van der Waals surface area contributed by atoms with Crippen LogP contribution < -0.4 is 20.5 Å². The summed E-state index contributed by atoms with van der Waals surface area (Å²) in [4.78, 5) is 27.9. The molecule has 0 saturated carbocycles. The van der Waals surface area contributed by atoms with Crippen molar-refractivity contribution in [3.8, 4) is 0 Å². The molecule has 2 atom stereocenters. The molecule has 2 N–H and O–H groups in total. The number of carbonyl (C=O) groups excluding carboxylic acids is 1. The van der Waals surface area contributed by atoms with E-state index in [0.717, 1.165) is 17.7 Å². The molecule has 1 fully saturated rings. The van der Waals surface area contributed by atoms with Gasteiger partial charge in [-0.1, -0.05) is 41.4 Å². The van der Waals surface area contributed by atoms with Crippen LogP contribution in [0.3, 0.4) is 0 Å². The van der Waals surface area contributed by atoms with Crippen LogP contribution in [0.1, 0.15) is 34.0 Å². The molecule has 0 spiro atoms. The standard InChI is InChI=1S/C32H30Cl2N4O4S/c33-25-7-4-21(5-8-25)14-15-35-32(40)23-6-13-30(28(17-23)36-43(41,42)27-11-9-26(34)10-12-27)37-18-22-16-24(20-37)29-2-1-3-31(39)38(29)19-22/h1-13,17,22,24,36H,14-16,18-20H2,(H,35,40)/t22-,24+/m1/s1. The first-order valence-corrected chi connectivity index (χ1v) is 16.3. The van der Waals surface area contributed by atoms with Crippen molar-refractivity contribution < 1.29 is 13.2 Å². The highest BCUT2D eigenvalue weighted by atomic mass is 35.5. The normalized spacial score (nSPS) is 17.7. The quantitative estimate of drug-likeness (QED) is 0.264. The molecule has 3 heterocycles. The Morgan fingerprint density at radius 3 is 2.35 bits per heavy atom. The number of aromatic nitrogens is 1. The van der Waals surface area contributed by atoms with E-state index in [1.807, 2.05) is 34.9 Å².